The third-order valence-corrected chi connectivity index (χ3v) is 3.99. The van der Waals surface area contributed by atoms with E-state index >= 15 is 0 Å². The molecular formula is C15H26N4O. The zero-order valence-electron chi connectivity index (χ0n) is 12.8. The Hall–Kier alpha value is -1.36. The van der Waals surface area contributed by atoms with Crippen LogP contribution < -0.4 is 5.32 Å². The topological polar surface area (TPSA) is 50.2 Å². The van der Waals surface area contributed by atoms with Crippen LogP contribution in [0.25, 0.3) is 0 Å². The first kappa shape index (κ1) is 15.0. The van der Waals surface area contributed by atoms with Crippen LogP contribution in [0, 0.1) is 5.92 Å². The summed E-state index contributed by atoms with van der Waals surface area (Å²) in [7, 11) is 0. The van der Waals surface area contributed by atoms with Crippen molar-refractivity contribution in [1.82, 2.24) is 19.8 Å². The number of amides is 1. The molecule has 1 aliphatic rings. The van der Waals surface area contributed by atoms with Crippen LogP contribution in [-0.4, -0.2) is 39.5 Å². The Kier molecular flexibility index (Phi) is 5.17. The van der Waals surface area contributed by atoms with Gasteiger partial charge in [0.2, 0.25) is 5.91 Å². The maximum absolute atomic E-state index is 11.9. The third-order valence-electron chi connectivity index (χ3n) is 3.99. The Balaban J connectivity index is 1.76. The van der Waals surface area contributed by atoms with Crippen LogP contribution in [0.1, 0.15) is 39.4 Å². The molecule has 0 aromatic carbocycles. The first-order valence-corrected chi connectivity index (χ1v) is 7.64. The van der Waals surface area contributed by atoms with Crippen LogP contribution in [0.3, 0.4) is 0 Å². The maximum atomic E-state index is 11.9. The number of piperidine rings is 1. The molecule has 1 saturated heterocycles. The van der Waals surface area contributed by atoms with E-state index in [2.05, 4.69) is 21.8 Å². The van der Waals surface area contributed by atoms with E-state index in [0.717, 1.165) is 44.8 Å². The van der Waals surface area contributed by atoms with Crippen LogP contribution in [-0.2, 0) is 17.9 Å². The molecule has 0 bridgehead atoms. The lowest BCUT2D eigenvalue weighted by Crippen LogP contribution is -2.46. The largest absolute Gasteiger partial charge is 0.342 e. The van der Waals surface area contributed by atoms with Crippen molar-refractivity contribution in [2.45, 2.75) is 52.7 Å². The van der Waals surface area contributed by atoms with Crippen molar-refractivity contribution in [3.63, 3.8) is 0 Å². The van der Waals surface area contributed by atoms with Gasteiger partial charge in [-0.1, -0.05) is 13.8 Å². The second-order valence-corrected chi connectivity index (χ2v) is 5.76. The van der Waals surface area contributed by atoms with Gasteiger partial charge in [-0.25, -0.2) is 4.98 Å². The minimum absolute atomic E-state index is 0.108. The van der Waals surface area contributed by atoms with Gasteiger partial charge in [0.05, 0.1) is 6.54 Å². The average molecular weight is 278 g/mol. The lowest BCUT2D eigenvalue weighted by Gasteiger charge is -2.33. The Labute approximate surface area is 121 Å². The number of hydrogen-bond donors (Lipinski definition) is 1. The van der Waals surface area contributed by atoms with Crippen molar-refractivity contribution in [3.8, 4) is 0 Å². The van der Waals surface area contributed by atoms with Crippen molar-refractivity contribution in [2.75, 3.05) is 13.1 Å². The van der Waals surface area contributed by atoms with Crippen LogP contribution in [0.15, 0.2) is 12.4 Å². The SMILES string of the molecule is CCn1ccnc1CNC1CCN(C(=O)C(C)C)CC1. The van der Waals surface area contributed by atoms with Gasteiger partial charge in [-0.2, -0.15) is 0 Å². The maximum Gasteiger partial charge on any atom is 0.225 e. The zero-order chi connectivity index (χ0) is 14.5. The highest BCUT2D eigenvalue weighted by Gasteiger charge is 2.24. The zero-order valence-corrected chi connectivity index (χ0v) is 12.8. The van der Waals surface area contributed by atoms with Crippen LogP contribution in [0.4, 0.5) is 0 Å². The van der Waals surface area contributed by atoms with Crippen LogP contribution >= 0.6 is 0 Å². The fraction of sp³-hybridized carbons (Fsp3) is 0.733. The van der Waals surface area contributed by atoms with E-state index in [1.54, 1.807) is 0 Å². The van der Waals surface area contributed by atoms with E-state index in [4.69, 9.17) is 0 Å². The lowest BCUT2D eigenvalue weighted by molar-refractivity contribution is -0.135. The second kappa shape index (κ2) is 6.88. The number of carbonyl (C=O) groups is 1. The minimum atomic E-state index is 0.108. The minimum Gasteiger partial charge on any atom is -0.342 e. The predicted molar refractivity (Wildman–Crippen MR) is 79.2 cm³/mol. The number of likely N-dealkylation sites (tertiary alicyclic amines) is 1. The number of nitrogens with zero attached hydrogens (tertiary/aromatic N) is 3. The average Bonchev–Trinajstić information content (AvgIpc) is 2.92. The fourth-order valence-electron chi connectivity index (χ4n) is 2.70. The molecule has 1 aliphatic heterocycles. The molecule has 1 fully saturated rings. The summed E-state index contributed by atoms with van der Waals surface area (Å²) in [6.45, 7) is 9.57. The van der Waals surface area contributed by atoms with E-state index in [-0.39, 0.29) is 11.8 Å². The molecule has 1 amide bonds. The smallest absolute Gasteiger partial charge is 0.225 e. The summed E-state index contributed by atoms with van der Waals surface area (Å²) in [4.78, 5) is 18.3. The quantitative estimate of drug-likeness (QED) is 0.891. The molecule has 0 spiro atoms. The van der Waals surface area contributed by atoms with Gasteiger partial charge in [0, 0.05) is 44.0 Å². The highest BCUT2D eigenvalue weighted by molar-refractivity contribution is 5.78. The molecule has 0 radical (unpaired) electrons. The molecule has 1 aromatic heterocycles. The summed E-state index contributed by atoms with van der Waals surface area (Å²) in [5.41, 5.74) is 0. The molecule has 112 valence electrons. The summed E-state index contributed by atoms with van der Waals surface area (Å²) in [6, 6.07) is 0.494. The Morgan fingerprint density at radius 3 is 2.75 bits per heavy atom. The monoisotopic (exact) mass is 278 g/mol. The van der Waals surface area contributed by atoms with Gasteiger partial charge in [-0.3, -0.25) is 4.79 Å². The van der Waals surface area contributed by atoms with E-state index in [0.29, 0.717) is 6.04 Å². The Morgan fingerprint density at radius 1 is 1.45 bits per heavy atom. The van der Waals surface area contributed by atoms with E-state index in [9.17, 15) is 4.79 Å². The number of aryl methyl sites for hydroxylation is 1. The normalized spacial score (nSPS) is 16.9. The van der Waals surface area contributed by atoms with Gasteiger partial charge >= 0.3 is 0 Å². The summed E-state index contributed by atoms with van der Waals surface area (Å²) in [5, 5.41) is 3.57. The molecule has 1 N–H and O–H groups in total. The van der Waals surface area contributed by atoms with Crippen molar-refractivity contribution in [3.05, 3.63) is 18.2 Å². The fourth-order valence-corrected chi connectivity index (χ4v) is 2.70. The first-order chi connectivity index (χ1) is 9.61. The van der Waals surface area contributed by atoms with Gasteiger partial charge < -0.3 is 14.8 Å². The third kappa shape index (κ3) is 3.60. The van der Waals surface area contributed by atoms with Crippen molar-refractivity contribution < 1.29 is 4.79 Å². The predicted octanol–water partition coefficient (Wildman–Crippen LogP) is 1.64. The highest BCUT2D eigenvalue weighted by Crippen LogP contribution is 2.13. The van der Waals surface area contributed by atoms with Gasteiger partial charge in [0.1, 0.15) is 5.82 Å². The Bertz CT molecular complexity index is 433. The number of rotatable bonds is 5. The standard InChI is InChI=1S/C15H26N4O/c1-4-18-10-7-16-14(18)11-17-13-5-8-19(9-6-13)15(20)12(2)3/h7,10,12-13,17H,4-6,8-9,11H2,1-3H3. The number of aromatic nitrogens is 2. The number of carbonyl (C=O) groups excluding carboxylic acids is 1. The van der Waals surface area contributed by atoms with E-state index in [1.807, 2.05) is 31.1 Å². The van der Waals surface area contributed by atoms with Crippen molar-refractivity contribution in [2.24, 2.45) is 5.92 Å². The molecule has 5 heteroatoms. The van der Waals surface area contributed by atoms with Gasteiger partial charge in [0.25, 0.3) is 0 Å². The van der Waals surface area contributed by atoms with Gasteiger partial charge in [-0.05, 0) is 19.8 Å². The molecule has 0 aliphatic carbocycles. The van der Waals surface area contributed by atoms with Crippen molar-refractivity contribution in [1.29, 1.82) is 0 Å². The molecule has 2 heterocycles. The number of imidazole rings is 1. The second-order valence-electron chi connectivity index (χ2n) is 5.76. The number of nitrogens with one attached hydrogen (secondary N) is 1. The van der Waals surface area contributed by atoms with Crippen molar-refractivity contribution >= 4 is 5.91 Å². The van der Waals surface area contributed by atoms with Gasteiger partial charge in [-0.15, -0.1) is 0 Å². The summed E-state index contributed by atoms with van der Waals surface area (Å²) in [6.07, 6.45) is 5.93. The first-order valence-electron chi connectivity index (χ1n) is 7.64. The van der Waals surface area contributed by atoms with Gasteiger partial charge in [0.15, 0.2) is 0 Å². The summed E-state index contributed by atoms with van der Waals surface area (Å²) >= 11 is 0. The Morgan fingerprint density at radius 2 is 2.15 bits per heavy atom. The molecule has 0 saturated carbocycles. The molecule has 0 atom stereocenters. The summed E-state index contributed by atoms with van der Waals surface area (Å²) in [5.74, 6) is 1.48. The molecule has 5 nitrogen and oxygen atoms in total. The van der Waals surface area contributed by atoms with E-state index in [1.165, 1.54) is 0 Å². The van der Waals surface area contributed by atoms with E-state index < -0.39 is 0 Å². The molecule has 1 aromatic rings. The van der Waals surface area contributed by atoms with Crippen LogP contribution in [0.2, 0.25) is 0 Å². The lowest BCUT2D eigenvalue weighted by atomic mass is 10.0. The summed E-state index contributed by atoms with van der Waals surface area (Å²) < 4.78 is 2.16. The molecule has 20 heavy (non-hydrogen) atoms. The number of hydrogen-bond acceptors (Lipinski definition) is 3. The molecule has 0 unspecified atom stereocenters. The molecular weight excluding hydrogens is 252 g/mol. The van der Waals surface area contributed by atoms with Crippen LogP contribution in [0.5, 0.6) is 0 Å². The highest BCUT2D eigenvalue weighted by atomic mass is 16.2. The molecule has 2 rings (SSSR count).